The molecule has 0 saturated heterocycles. The van der Waals surface area contributed by atoms with Gasteiger partial charge in [-0.15, -0.1) is 0 Å². The second-order valence-corrected chi connectivity index (χ2v) is 16.7. The molecule has 0 aromatic heterocycles. The van der Waals surface area contributed by atoms with Gasteiger partial charge in [0.15, 0.2) is 0 Å². The summed E-state index contributed by atoms with van der Waals surface area (Å²) < 4.78 is 16.1. The molecule has 0 saturated carbocycles. The predicted octanol–water partition coefficient (Wildman–Crippen LogP) is 8.40. The Morgan fingerprint density at radius 3 is 1.25 bits per heavy atom. The van der Waals surface area contributed by atoms with E-state index >= 15 is 0 Å². The number of ether oxygens (including phenoxy) is 3. The molecule has 0 N–H and O–H groups in total. The molecule has 0 spiro atoms. The quantitative estimate of drug-likeness (QED) is 0.0570. The molecule has 6 aromatic rings. The van der Waals surface area contributed by atoms with Crippen LogP contribution in [0, 0.1) is 0 Å². The first-order valence-corrected chi connectivity index (χ1v) is 18.9. The van der Waals surface area contributed by atoms with Gasteiger partial charge in [-0.1, -0.05) is 84.0 Å². The fourth-order valence-corrected chi connectivity index (χ4v) is 8.17. The topological polar surface area (TPSA) is 102 Å². The highest BCUT2D eigenvalue weighted by Crippen LogP contribution is 2.46. The van der Waals surface area contributed by atoms with Crippen molar-refractivity contribution in [1.82, 2.24) is 9.80 Å². The number of benzene rings is 6. The van der Waals surface area contributed by atoms with Crippen LogP contribution in [0.15, 0.2) is 66.7 Å². The van der Waals surface area contributed by atoms with Crippen LogP contribution in [0.1, 0.15) is 99.7 Å². The summed E-state index contributed by atoms with van der Waals surface area (Å²) in [5, 5.41) is 6.34. The number of fused-ring (bicyclic) bond motifs is 2. The summed E-state index contributed by atoms with van der Waals surface area (Å²) in [5.74, 6) is -1.38. The van der Waals surface area contributed by atoms with Gasteiger partial charge in [-0.2, -0.15) is 0 Å². The third-order valence-corrected chi connectivity index (χ3v) is 11.1. The number of nitrogens with zero attached hydrogens (tertiary/aromatic N) is 2. The lowest BCUT2D eigenvalue weighted by Crippen LogP contribution is -2.42. The molecule has 6 aromatic carbocycles. The van der Waals surface area contributed by atoms with Crippen LogP contribution >= 0.6 is 0 Å². The molecule has 9 heteroatoms. The maximum absolute atomic E-state index is 14.4. The van der Waals surface area contributed by atoms with Crippen molar-refractivity contribution in [3.05, 3.63) is 106 Å². The van der Waals surface area contributed by atoms with Crippen LogP contribution in [0.4, 0.5) is 0 Å². The highest BCUT2D eigenvalue weighted by Gasteiger charge is 2.37. The average Bonchev–Trinajstić information content (AvgIpc) is 3.15. The van der Waals surface area contributed by atoms with Gasteiger partial charge >= 0.3 is 0 Å². The lowest BCUT2D eigenvalue weighted by Gasteiger charge is -2.31. The first kappa shape index (κ1) is 36.7. The molecule has 55 heavy (non-hydrogen) atoms. The minimum atomic E-state index is -0.365. The van der Waals surface area contributed by atoms with Gasteiger partial charge < -0.3 is 14.2 Å². The summed E-state index contributed by atoms with van der Waals surface area (Å²) in [5.41, 5.74) is 4.89. The Kier molecular flexibility index (Phi) is 9.03. The molecule has 0 fully saturated rings. The highest BCUT2D eigenvalue weighted by atomic mass is 16.5. The fraction of sp³-hybridized carbons (Fsp3) is 0.348. The Bertz CT molecular complexity index is 2420. The van der Waals surface area contributed by atoms with Crippen LogP contribution in [-0.2, 0) is 31.6 Å². The Hall–Kier alpha value is -5.22. The predicted molar refractivity (Wildman–Crippen MR) is 215 cm³/mol. The third-order valence-electron chi connectivity index (χ3n) is 11.1. The van der Waals surface area contributed by atoms with E-state index in [-0.39, 0.29) is 54.2 Å². The average molecular weight is 739 g/mol. The Labute approximate surface area is 320 Å². The Morgan fingerprint density at radius 1 is 0.473 bits per heavy atom. The van der Waals surface area contributed by atoms with Gasteiger partial charge in [-0.25, -0.2) is 0 Å². The molecule has 282 valence electrons. The van der Waals surface area contributed by atoms with Crippen molar-refractivity contribution in [2.45, 2.75) is 58.9 Å². The van der Waals surface area contributed by atoms with E-state index in [1.807, 2.05) is 36.4 Å². The minimum Gasteiger partial charge on any atom is -0.382 e. The molecule has 2 aliphatic rings. The molecular weight excluding hydrogens is 693 g/mol. The summed E-state index contributed by atoms with van der Waals surface area (Å²) in [7, 11) is 1.61. The van der Waals surface area contributed by atoms with E-state index in [4.69, 9.17) is 14.2 Å². The number of methoxy groups -OCH3 is 1. The van der Waals surface area contributed by atoms with Gasteiger partial charge in [0.05, 0.1) is 46.1 Å². The van der Waals surface area contributed by atoms with Crippen molar-refractivity contribution in [2.75, 3.05) is 46.7 Å². The van der Waals surface area contributed by atoms with E-state index in [1.54, 1.807) is 19.2 Å². The maximum atomic E-state index is 14.4. The van der Waals surface area contributed by atoms with Gasteiger partial charge in [-0.05, 0) is 84.1 Å². The summed E-state index contributed by atoms with van der Waals surface area (Å²) >= 11 is 0. The number of imide groups is 2. The monoisotopic (exact) mass is 738 g/mol. The van der Waals surface area contributed by atoms with Crippen molar-refractivity contribution in [2.24, 2.45) is 0 Å². The Morgan fingerprint density at radius 2 is 0.855 bits per heavy atom. The van der Waals surface area contributed by atoms with Crippen molar-refractivity contribution >= 4 is 66.7 Å². The van der Waals surface area contributed by atoms with Gasteiger partial charge in [-0.3, -0.25) is 29.0 Å². The summed E-state index contributed by atoms with van der Waals surface area (Å²) in [6.07, 6.45) is 0. The van der Waals surface area contributed by atoms with Gasteiger partial charge in [0.1, 0.15) is 0 Å². The van der Waals surface area contributed by atoms with E-state index in [0.29, 0.717) is 59.5 Å². The normalized spacial score (nSPS) is 14.9. The molecule has 0 atom stereocenters. The molecule has 0 bridgehead atoms. The number of hydrogen-bond acceptors (Lipinski definition) is 7. The van der Waals surface area contributed by atoms with E-state index < -0.39 is 0 Å². The van der Waals surface area contributed by atoms with Crippen LogP contribution in [0.25, 0.3) is 43.1 Å². The van der Waals surface area contributed by atoms with Crippen LogP contribution in [-0.4, -0.2) is 80.1 Å². The van der Waals surface area contributed by atoms with Crippen molar-refractivity contribution in [3.8, 4) is 0 Å². The second-order valence-electron chi connectivity index (χ2n) is 16.7. The molecule has 2 heterocycles. The summed E-state index contributed by atoms with van der Waals surface area (Å²) in [4.78, 5) is 59.0. The van der Waals surface area contributed by atoms with E-state index in [1.165, 1.54) is 9.80 Å². The standard InChI is InChI=1S/C46H46N2O7/c1-45(2,3)27-22-26(23-28(24-27)46(4,5)6)25-48-43(51)35-14-10-31-29-8-12-33-39-34(42(50)47(41(33)49)16-17-54-20-21-55-19-18-53-7)13-9-30(37(29)39)32-11-15-36(44(48)52)40(35)38(31)32/h8-15,22-24H,16-21,25H2,1-7H3. The van der Waals surface area contributed by atoms with E-state index in [2.05, 4.69) is 59.7 Å². The number of carbonyl (C=O) groups is 4. The zero-order valence-corrected chi connectivity index (χ0v) is 32.6. The Balaban J connectivity index is 1.16. The van der Waals surface area contributed by atoms with Crippen molar-refractivity contribution < 1.29 is 33.4 Å². The molecule has 2 aliphatic heterocycles. The molecule has 8 rings (SSSR count). The van der Waals surface area contributed by atoms with Crippen LogP contribution in [0.3, 0.4) is 0 Å². The zero-order valence-electron chi connectivity index (χ0n) is 32.6. The van der Waals surface area contributed by atoms with Crippen LogP contribution in [0.5, 0.6) is 0 Å². The van der Waals surface area contributed by atoms with Crippen molar-refractivity contribution in [1.29, 1.82) is 0 Å². The molecule has 0 unspecified atom stereocenters. The first-order valence-electron chi connectivity index (χ1n) is 18.9. The number of carbonyl (C=O) groups excluding carboxylic acids is 4. The highest BCUT2D eigenvalue weighted by molar-refractivity contribution is 6.41. The fourth-order valence-electron chi connectivity index (χ4n) is 8.17. The van der Waals surface area contributed by atoms with Crippen molar-refractivity contribution in [3.63, 3.8) is 0 Å². The summed E-state index contributed by atoms with van der Waals surface area (Å²) in [6.45, 7) is 15.2. The molecule has 0 radical (unpaired) electrons. The third kappa shape index (κ3) is 6.05. The largest absolute Gasteiger partial charge is 0.382 e. The van der Waals surface area contributed by atoms with Crippen LogP contribution in [0.2, 0.25) is 0 Å². The molecule has 0 aliphatic carbocycles. The number of hydrogen-bond donors (Lipinski definition) is 0. The minimum absolute atomic E-state index is 0.112. The lowest BCUT2D eigenvalue weighted by molar-refractivity contribution is 0.0189. The van der Waals surface area contributed by atoms with E-state index in [0.717, 1.165) is 49.0 Å². The molecule has 9 nitrogen and oxygen atoms in total. The van der Waals surface area contributed by atoms with Gasteiger partial charge in [0.25, 0.3) is 23.6 Å². The number of amides is 4. The second kappa shape index (κ2) is 13.5. The van der Waals surface area contributed by atoms with Crippen LogP contribution < -0.4 is 0 Å². The van der Waals surface area contributed by atoms with Gasteiger partial charge in [0.2, 0.25) is 0 Å². The molecule has 4 amide bonds. The first-order chi connectivity index (χ1) is 26.2. The zero-order chi connectivity index (χ0) is 39.0. The lowest BCUT2D eigenvalue weighted by atomic mass is 9.79. The summed E-state index contributed by atoms with van der Waals surface area (Å²) in [6, 6.07) is 21.4. The smallest absolute Gasteiger partial charge is 0.261 e. The SMILES string of the molecule is COCCOCCOCCN1C(=O)c2ccc3c4ccc5c6c(ccc(c7ccc(c2c37)C1=O)c64)C(=O)N(Cc1cc(C(C)(C)C)cc(C(C)(C)C)c1)C5=O. The van der Waals surface area contributed by atoms with Gasteiger partial charge in [0, 0.05) is 40.1 Å². The maximum Gasteiger partial charge on any atom is 0.261 e. The number of rotatable bonds is 11. The van der Waals surface area contributed by atoms with E-state index in [9.17, 15) is 19.2 Å². The molecular formula is C46H46N2O7.